The van der Waals surface area contributed by atoms with Gasteiger partial charge in [0.15, 0.2) is 11.5 Å². The molecule has 32 heteroatoms. The smallest absolute Gasteiger partial charge is 0.261 e. The number of aliphatic hydroxyl groups excluding tert-OH is 6. The number of aromatic nitrogens is 2. The fourth-order valence-electron chi connectivity index (χ4n) is 10.7. The van der Waals surface area contributed by atoms with E-state index in [4.69, 9.17) is 24.6 Å². The number of carbonyl (C=O) groups is 7. The van der Waals surface area contributed by atoms with Gasteiger partial charge in [-0.25, -0.2) is 5.26 Å². The largest absolute Gasteiger partial charge is 0.504 e. The van der Waals surface area contributed by atoms with Crippen LogP contribution in [-0.2, 0) is 49.3 Å². The number of hydrogen-bond acceptors (Lipinski definition) is 25. The molecule has 7 rings (SSSR count). The Morgan fingerprint density at radius 3 is 2.06 bits per heavy atom. The van der Waals surface area contributed by atoms with Crippen LogP contribution in [-0.4, -0.2) is 222 Å². The maximum atomic E-state index is 14.7. The molecule has 4 aromatic rings. The Labute approximate surface area is 526 Å². The van der Waals surface area contributed by atoms with E-state index >= 15 is 0 Å². The van der Waals surface area contributed by atoms with Crippen LogP contribution < -0.4 is 41.2 Å². The number of ether oxygens (including phenoxy) is 2. The Balaban J connectivity index is 1.14. The maximum absolute atomic E-state index is 14.7. The van der Waals surface area contributed by atoms with Gasteiger partial charge < -0.3 is 91.5 Å². The Morgan fingerprint density at radius 2 is 1.40 bits per heavy atom. The molecular formula is C58H78N10O20S2. The van der Waals surface area contributed by atoms with Crippen molar-refractivity contribution in [2.75, 3.05) is 46.5 Å². The highest BCUT2D eigenvalue weighted by Gasteiger charge is 2.50. The van der Waals surface area contributed by atoms with Crippen LogP contribution in [0.25, 0.3) is 21.1 Å². The van der Waals surface area contributed by atoms with Crippen LogP contribution >= 0.6 is 23.7 Å². The van der Waals surface area contributed by atoms with E-state index in [1.54, 1.807) is 19.2 Å². The lowest BCUT2D eigenvalue weighted by atomic mass is 9.98. The van der Waals surface area contributed by atoms with Crippen molar-refractivity contribution in [1.29, 1.82) is 0 Å². The van der Waals surface area contributed by atoms with Crippen molar-refractivity contribution >= 4 is 65.0 Å². The summed E-state index contributed by atoms with van der Waals surface area (Å²) in [4.78, 5) is 103. The second-order valence-electron chi connectivity index (χ2n) is 22.3. The summed E-state index contributed by atoms with van der Waals surface area (Å²) in [6.07, 6.45) is -7.00. The number of rotatable bonds is 24. The van der Waals surface area contributed by atoms with Crippen LogP contribution in [0.5, 0.6) is 17.2 Å². The van der Waals surface area contributed by atoms with Crippen molar-refractivity contribution in [3.63, 3.8) is 0 Å². The van der Waals surface area contributed by atoms with E-state index in [0.717, 1.165) is 72.8 Å². The number of hydrogen-bond donors (Lipinski definition) is 14. The number of aliphatic hydroxyl groups is 6. The Kier molecular flexibility index (Phi) is 26.4. The number of phenolic OH excluding ortho intramolecular Hbond substituents is 1. The van der Waals surface area contributed by atoms with Crippen molar-refractivity contribution in [2.45, 2.75) is 145 Å². The molecule has 0 radical (unpaired) electrons. The third kappa shape index (κ3) is 18.7. The van der Waals surface area contributed by atoms with Gasteiger partial charge in [0.1, 0.15) is 52.0 Å². The molecule has 0 saturated carbocycles. The van der Waals surface area contributed by atoms with Crippen LogP contribution in [0.2, 0.25) is 0 Å². The standard InChI is InChI=1S/C58H78N10O20S2/c1-30-28-68-48(49(30)75)54(80)60-27-36(70)25-39(61-50(76)33-10-12-34(13-11-33)55-65-66-56(89-55)35-14-16-38(17-15-35)85-22-8-6-4-5-7-21-84-3)51(77)62-45(31(2)69)57(81)67-29-37(71)26-40(67)52(78)63-46(53(79)64-47(58(68)82)42(73)19-20-59)43(74)23-32-9-18-41(72)44(24-32)86-90-88-87-83/h9-18,24,30-31,36-37,39-40,42-43,45-49,69-75,83H,4-8,19-23,25-29,59H2,1-3H3,(H,60,80)(H,61,76)(H,62,77)(H,63,78)(H,64,79)/t30-,31+,36-,37-,39+,40+,42-,43-,45+,46+,47+,48+,49+/m1/s1. The molecule has 0 spiro atoms. The summed E-state index contributed by atoms with van der Waals surface area (Å²) < 4.78 is 20.4. The predicted octanol–water partition coefficient (Wildman–Crippen LogP) is -0.786. The fourth-order valence-corrected chi connectivity index (χ4v) is 11.8. The quantitative estimate of drug-likeness (QED) is 0.0177. The van der Waals surface area contributed by atoms with Crippen molar-refractivity contribution in [2.24, 2.45) is 11.7 Å². The summed E-state index contributed by atoms with van der Waals surface area (Å²) in [5.74, 6) is -8.61. The zero-order chi connectivity index (χ0) is 65.2. The van der Waals surface area contributed by atoms with Crippen LogP contribution in [0.1, 0.15) is 81.1 Å². The Morgan fingerprint density at radius 1 is 0.767 bits per heavy atom. The summed E-state index contributed by atoms with van der Waals surface area (Å²) in [7, 11) is 1.70. The lowest BCUT2D eigenvalue weighted by molar-refractivity contribution is -0.433. The molecule has 3 saturated heterocycles. The second-order valence-corrected chi connectivity index (χ2v) is 23.7. The first kappa shape index (κ1) is 70.3. The van der Waals surface area contributed by atoms with E-state index in [9.17, 15) is 69.3 Å². The molecule has 7 amide bonds. The second kappa shape index (κ2) is 33.8. The molecule has 4 heterocycles. The van der Waals surface area contributed by atoms with E-state index in [0.29, 0.717) is 22.2 Å². The number of phenols is 1. The molecule has 1 aromatic heterocycles. The number of benzene rings is 3. The maximum Gasteiger partial charge on any atom is 0.261 e. The molecule has 13 atom stereocenters. The van der Waals surface area contributed by atoms with E-state index < -0.39 is 158 Å². The van der Waals surface area contributed by atoms with Crippen molar-refractivity contribution in [3.05, 3.63) is 77.9 Å². The molecule has 3 aliphatic heterocycles. The van der Waals surface area contributed by atoms with Gasteiger partial charge in [0.25, 0.3) is 18.2 Å². The lowest BCUT2D eigenvalue weighted by Crippen LogP contribution is -2.64. The van der Waals surface area contributed by atoms with Gasteiger partial charge in [-0.1, -0.05) is 65.1 Å². The van der Waals surface area contributed by atoms with Crippen LogP contribution in [0.4, 0.5) is 0 Å². The topological polar surface area (TPSA) is 446 Å². The van der Waals surface area contributed by atoms with Crippen LogP contribution in [0.15, 0.2) is 66.7 Å². The van der Waals surface area contributed by atoms with Gasteiger partial charge in [-0.15, -0.1) is 10.2 Å². The highest BCUT2D eigenvalue weighted by Crippen LogP contribution is 2.33. The monoisotopic (exact) mass is 1300 g/mol. The summed E-state index contributed by atoms with van der Waals surface area (Å²) in [5, 5.41) is 113. The van der Waals surface area contributed by atoms with Gasteiger partial charge in [-0.3, -0.25) is 33.6 Å². The molecule has 30 nitrogen and oxygen atoms in total. The first-order chi connectivity index (χ1) is 43.1. The molecule has 0 unspecified atom stereocenters. The molecule has 15 N–H and O–H groups in total. The van der Waals surface area contributed by atoms with Gasteiger partial charge >= 0.3 is 0 Å². The zero-order valence-electron chi connectivity index (χ0n) is 49.6. The molecule has 3 aromatic carbocycles. The number of nitrogens with zero attached hydrogens (tertiary/aromatic N) is 4. The van der Waals surface area contributed by atoms with Gasteiger partial charge in [-0.2, -0.15) is 0 Å². The van der Waals surface area contributed by atoms with Crippen molar-refractivity contribution in [1.82, 2.24) is 46.6 Å². The van der Waals surface area contributed by atoms with Crippen molar-refractivity contribution < 1.29 is 97.6 Å². The van der Waals surface area contributed by atoms with E-state index in [2.05, 4.69) is 46.2 Å². The normalized spacial score (nSPS) is 25.0. The van der Waals surface area contributed by atoms with Crippen molar-refractivity contribution in [3.8, 4) is 38.4 Å². The lowest BCUT2D eigenvalue weighted by Gasteiger charge is -2.34. The number of amides is 7. The number of fused-ring (bicyclic) bond motifs is 2. The first-order valence-corrected chi connectivity index (χ1v) is 30.8. The van der Waals surface area contributed by atoms with Gasteiger partial charge in [0, 0.05) is 75.2 Å². The SMILES string of the molecule is COCCCCCCCOc1ccc(-c2nnc(-c3ccc(C(=O)N[C@H]4C[C@@H](O)CNC(=O)[C@@H]5[C@@H](O)[C@H](C)CN5C(=O)[C@H]([C@H](O)CCN)NC(=O)[C@H]([C@H](O)Cc5ccc(O)c(OSOOO)c5)NC(=O)[C@@H]5C[C@@H](O)CN5C(=O)[C@H]([C@H](C)O)NC4=O)cc3)s2)cc1. The highest BCUT2D eigenvalue weighted by atomic mass is 32.2. The van der Waals surface area contributed by atoms with E-state index in [1.165, 1.54) is 42.5 Å². The van der Waals surface area contributed by atoms with E-state index in [1.807, 2.05) is 24.3 Å². The number of carbonyl (C=O) groups excluding carboxylic acids is 7. The molecule has 90 heavy (non-hydrogen) atoms. The number of methoxy groups -OCH3 is 1. The first-order valence-electron chi connectivity index (χ1n) is 29.3. The molecule has 0 bridgehead atoms. The van der Waals surface area contributed by atoms with Crippen LogP contribution in [0, 0.1) is 5.92 Å². The minimum Gasteiger partial charge on any atom is -0.504 e. The predicted molar refractivity (Wildman–Crippen MR) is 321 cm³/mol. The molecular weight excluding hydrogens is 1220 g/mol. The third-order valence-electron chi connectivity index (χ3n) is 15.5. The van der Waals surface area contributed by atoms with Gasteiger partial charge in [0.05, 0.1) is 43.2 Å². The molecule has 0 aliphatic carbocycles. The van der Waals surface area contributed by atoms with Gasteiger partial charge in [0.2, 0.25) is 35.4 Å². The number of aromatic hydroxyl groups is 1. The zero-order valence-corrected chi connectivity index (χ0v) is 51.3. The summed E-state index contributed by atoms with van der Waals surface area (Å²) in [6.45, 7) is 2.20. The summed E-state index contributed by atoms with van der Waals surface area (Å²) in [5.41, 5.74) is 7.33. The van der Waals surface area contributed by atoms with Crippen LogP contribution in [0.3, 0.4) is 0 Å². The van der Waals surface area contributed by atoms with E-state index in [-0.39, 0.29) is 48.7 Å². The number of β-amino-alcohol motifs (C(OH)–C–C–N with tert-alkyl or cyclic N) is 1. The fraction of sp³-hybridized carbons (Fsp3) is 0.534. The average Bonchev–Trinajstić information content (AvgIpc) is 1.79. The minimum absolute atomic E-state index is 0.0207. The summed E-state index contributed by atoms with van der Waals surface area (Å²) in [6, 6.07) is 6.02. The Bertz CT molecular complexity index is 3060. The molecule has 3 fully saturated rings. The number of nitrogens with two attached hydrogens (primary N) is 1. The average molecular weight is 1300 g/mol. The Hall–Kier alpha value is -7.18. The molecule has 3 aliphatic rings. The highest BCUT2D eigenvalue weighted by molar-refractivity contribution is 7.90. The molecule has 492 valence electrons. The third-order valence-corrected chi connectivity index (χ3v) is 16.9. The van der Waals surface area contributed by atoms with Gasteiger partial charge in [-0.05, 0) is 86.8 Å². The number of unbranched alkanes of at least 4 members (excludes halogenated alkanes) is 4. The number of nitrogens with one attached hydrogen (secondary N) is 5. The summed E-state index contributed by atoms with van der Waals surface area (Å²) >= 11 is 1.38. The minimum atomic E-state index is -2.11.